The summed E-state index contributed by atoms with van der Waals surface area (Å²) in [6, 6.07) is 0. The number of hydrogen-bond acceptors (Lipinski definition) is 2. The lowest BCUT2D eigenvalue weighted by atomic mass is 10.1. The van der Waals surface area contributed by atoms with Crippen molar-refractivity contribution in [2.24, 2.45) is 17.3 Å². The number of benzene rings is 1. The van der Waals surface area contributed by atoms with Crippen LogP contribution in [0.3, 0.4) is 0 Å². The van der Waals surface area contributed by atoms with Crippen molar-refractivity contribution in [1.29, 1.82) is 0 Å². The molecular weight excluding hydrogens is 460 g/mol. The molecule has 0 heterocycles. The third-order valence-electron chi connectivity index (χ3n) is 4.13. The molecule has 1 saturated carbocycles. The maximum atomic E-state index is 12.3. The fourth-order valence-electron chi connectivity index (χ4n) is 2.58. The van der Waals surface area contributed by atoms with Gasteiger partial charge in [0, 0.05) is 5.56 Å². The lowest BCUT2D eigenvalue weighted by molar-refractivity contribution is -0.147. The van der Waals surface area contributed by atoms with Crippen molar-refractivity contribution in [3.63, 3.8) is 0 Å². The summed E-state index contributed by atoms with van der Waals surface area (Å²) in [7, 11) is 0. The fourth-order valence-corrected chi connectivity index (χ4v) is 4.14. The lowest BCUT2D eigenvalue weighted by Crippen LogP contribution is -2.11. The number of rotatable bonds is 4. The SMILES string of the molecule is CC1(C)C(C=C(Cl)Cl)C1C(=O)OCc1c(Cl)c(Cl)c(Cl)c(Cl)c1Cl. The third-order valence-corrected chi connectivity index (χ3v) is 6.74. The summed E-state index contributed by atoms with van der Waals surface area (Å²) in [4.78, 5) is 12.3. The van der Waals surface area contributed by atoms with Gasteiger partial charge in [-0.25, -0.2) is 0 Å². The Kier molecular flexibility index (Phi) is 6.58. The van der Waals surface area contributed by atoms with E-state index in [9.17, 15) is 4.79 Å². The van der Waals surface area contributed by atoms with Crippen molar-refractivity contribution in [2.75, 3.05) is 0 Å². The zero-order valence-electron chi connectivity index (χ0n) is 12.4. The molecule has 0 radical (unpaired) electrons. The second kappa shape index (κ2) is 7.60. The normalized spacial score (nSPS) is 21.4. The van der Waals surface area contributed by atoms with E-state index in [2.05, 4.69) is 0 Å². The van der Waals surface area contributed by atoms with E-state index in [1.165, 1.54) is 0 Å². The highest BCUT2D eigenvalue weighted by atomic mass is 35.5. The predicted molar refractivity (Wildman–Crippen MR) is 102 cm³/mol. The van der Waals surface area contributed by atoms with Gasteiger partial charge in [0.25, 0.3) is 0 Å². The monoisotopic (exact) mass is 468 g/mol. The zero-order chi connectivity index (χ0) is 18.4. The molecule has 0 N–H and O–H groups in total. The number of carbonyl (C=O) groups is 1. The Balaban J connectivity index is 2.16. The predicted octanol–water partition coefficient (Wildman–Crippen LogP) is 7.59. The minimum absolute atomic E-state index is 0.0497. The van der Waals surface area contributed by atoms with Crippen molar-refractivity contribution < 1.29 is 9.53 Å². The molecule has 0 saturated heterocycles. The van der Waals surface area contributed by atoms with Crippen molar-refractivity contribution in [3.05, 3.63) is 41.2 Å². The Bertz CT molecular complexity index is 694. The molecule has 0 spiro atoms. The molecule has 2 rings (SSSR count). The van der Waals surface area contributed by atoms with Gasteiger partial charge in [0.1, 0.15) is 11.1 Å². The summed E-state index contributed by atoms with van der Waals surface area (Å²) < 4.78 is 5.44. The van der Waals surface area contributed by atoms with Crippen LogP contribution in [0.25, 0.3) is 0 Å². The first-order valence-electron chi connectivity index (χ1n) is 6.69. The first kappa shape index (κ1) is 20.8. The Labute approximate surface area is 174 Å². The molecule has 24 heavy (non-hydrogen) atoms. The summed E-state index contributed by atoms with van der Waals surface area (Å²) in [6.45, 7) is 3.67. The third kappa shape index (κ3) is 3.91. The second-order valence-electron chi connectivity index (χ2n) is 5.94. The maximum Gasteiger partial charge on any atom is 0.310 e. The van der Waals surface area contributed by atoms with Crippen LogP contribution in [-0.2, 0) is 16.1 Å². The van der Waals surface area contributed by atoms with E-state index < -0.39 is 5.97 Å². The van der Waals surface area contributed by atoms with E-state index in [-0.39, 0.29) is 53.5 Å². The first-order chi connectivity index (χ1) is 11.0. The molecule has 1 fully saturated rings. The van der Waals surface area contributed by atoms with E-state index in [1.54, 1.807) is 6.08 Å². The highest BCUT2D eigenvalue weighted by Crippen LogP contribution is 2.60. The molecule has 1 aliphatic rings. The minimum atomic E-state index is -0.412. The average molecular weight is 471 g/mol. The van der Waals surface area contributed by atoms with Gasteiger partial charge in [-0.1, -0.05) is 95.1 Å². The molecule has 9 heteroatoms. The molecule has 0 aromatic heterocycles. The molecule has 2 atom stereocenters. The molecule has 1 aliphatic carbocycles. The Hall–Kier alpha value is 0.460. The number of ether oxygens (including phenoxy) is 1. The first-order valence-corrected chi connectivity index (χ1v) is 9.34. The number of halogens is 7. The summed E-state index contributed by atoms with van der Waals surface area (Å²) in [6.07, 6.45) is 1.63. The van der Waals surface area contributed by atoms with Crippen LogP contribution < -0.4 is 0 Å². The molecule has 1 aromatic rings. The van der Waals surface area contributed by atoms with E-state index >= 15 is 0 Å². The van der Waals surface area contributed by atoms with E-state index in [4.69, 9.17) is 85.9 Å². The topological polar surface area (TPSA) is 26.3 Å². The quantitative estimate of drug-likeness (QED) is 0.257. The van der Waals surface area contributed by atoms with E-state index in [0.29, 0.717) is 5.56 Å². The summed E-state index contributed by atoms with van der Waals surface area (Å²) in [5.41, 5.74) is 0.00152. The van der Waals surface area contributed by atoms with Gasteiger partial charge in [-0.15, -0.1) is 0 Å². The molecule has 132 valence electrons. The number of esters is 1. The maximum absolute atomic E-state index is 12.3. The number of allylic oxidation sites excluding steroid dienone is 1. The van der Waals surface area contributed by atoms with Crippen molar-refractivity contribution in [1.82, 2.24) is 0 Å². The highest BCUT2D eigenvalue weighted by molar-refractivity contribution is 6.56. The van der Waals surface area contributed by atoms with E-state index in [1.807, 2.05) is 13.8 Å². The summed E-state index contributed by atoms with van der Waals surface area (Å²) in [5, 5.41) is 0.354. The van der Waals surface area contributed by atoms with Crippen molar-refractivity contribution in [3.8, 4) is 0 Å². The minimum Gasteiger partial charge on any atom is -0.460 e. The van der Waals surface area contributed by atoms with Crippen LogP contribution in [0.4, 0.5) is 0 Å². The van der Waals surface area contributed by atoms with Gasteiger partial charge >= 0.3 is 5.97 Å². The molecule has 2 nitrogen and oxygen atoms in total. The largest absolute Gasteiger partial charge is 0.460 e. The molecule has 0 bridgehead atoms. The van der Waals surface area contributed by atoms with Crippen molar-refractivity contribution in [2.45, 2.75) is 20.5 Å². The molecule has 2 unspecified atom stereocenters. The molecular formula is C15H11Cl7O2. The molecule has 1 aromatic carbocycles. The van der Waals surface area contributed by atoms with Gasteiger partial charge in [-0.2, -0.15) is 0 Å². The smallest absolute Gasteiger partial charge is 0.310 e. The van der Waals surface area contributed by atoms with Crippen molar-refractivity contribution >= 4 is 87.2 Å². The van der Waals surface area contributed by atoms with Crippen LogP contribution in [0, 0.1) is 17.3 Å². The van der Waals surface area contributed by atoms with Gasteiger partial charge in [-0.3, -0.25) is 4.79 Å². The fraction of sp³-hybridized carbons (Fsp3) is 0.400. The zero-order valence-corrected chi connectivity index (χ0v) is 17.7. The van der Waals surface area contributed by atoms with E-state index in [0.717, 1.165) is 0 Å². The van der Waals surface area contributed by atoms with Crippen LogP contribution in [0.1, 0.15) is 19.4 Å². The highest BCUT2D eigenvalue weighted by Gasteiger charge is 2.61. The van der Waals surface area contributed by atoms with Gasteiger partial charge in [-0.05, 0) is 17.4 Å². The molecule has 0 aliphatic heterocycles. The summed E-state index contributed by atoms with van der Waals surface area (Å²) in [5.74, 6) is -0.871. The van der Waals surface area contributed by atoms with Crippen LogP contribution in [0.5, 0.6) is 0 Å². The number of hydrogen-bond donors (Lipinski definition) is 0. The van der Waals surface area contributed by atoms with Crippen LogP contribution in [0.15, 0.2) is 10.6 Å². The number of carbonyl (C=O) groups excluding carboxylic acids is 1. The van der Waals surface area contributed by atoms with Gasteiger partial charge in [0.2, 0.25) is 0 Å². The summed E-state index contributed by atoms with van der Waals surface area (Å²) >= 11 is 41.5. The van der Waals surface area contributed by atoms with Gasteiger partial charge in [0.15, 0.2) is 0 Å². The van der Waals surface area contributed by atoms with Crippen LogP contribution >= 0.6 is 81.2 Å². The second-order valence-corrected chi connectivity index (χ2v) is 8.83. The Morgan fingerprint density at radius 3 is 1.92 bits per heavy atom. The molecule has 0 amide bonds. The van der Waals surface area contributed by atoms with Gasteiger partial charge in [0.05, 0.1) is 31.0 Å². The average Bonchev–Trinajstić information content (AvgIpc) is 3.02. The Morgan fingerprint density at radius 1 is 1.00 bits per heavy atom. The Morgan fingerprint density at radius 2 is 1.46 bits per heavy atom. The van der Waals surface area contributed by atoms with Crippen LogP contribution in [0.2, 0.25) is 25.1 Å². The van der Waals surface area contributed by atoms with Crippen LogP contribution in [-0.4, -0.2) is 5.97 Å². The standard InChI is InChI=1S/C15H11Cl7O2/c1-15(2)6(3-7(16)17)8(15)14(23)24-4-5-9(18)11(20)13(22)12(21)10(5)19/h3,6,8H,4H2,1-2H3. The van der Waals surface area contributed by atoms with Gasteiger partial charge < -0.3 is 4.74 Å². The lowest BCUT2D eigenvalue weighted by Gasteiger charge is -2.13.